The number of aromatic nitrogens is 2. The normalized spacial score (nSPS) is 17.5. The lowest BCUT2D eigenvalue weighted by Gasteiger charge is -2.35. The summed E-state index contributed by atoms with van der Waals surface area (Å²) in [6.45, 7) is 8.35. The Morgan fingerprint density at radius 3 is 2.26 bits per heavy atom. The van der Waals surface area contributed by atoms with Gasteiger partial charge in [0.1, 0.15) is 11.6 Å². The highest BCUT2D eigenvalue weighted by Gasteiger charge is 2.35. The summed E-state index contributed by atoms with van der Waals surface area (Å²) in [7, 11) is -1.92. The molecule has 0 radical (unpaired) electrons. The van der Waals surface area contributed by atoms with Crippen LogP contribution in [0.15, 0.2) is 35.5 Å². The Morgan fingerprint density at radius 2 is 1.77 bits per heavy atom. The molecule has 1 aromatic carbocycles. The summed E-state index contributed by atoms with van der Waals surface area (Å²) in [5, 5.41) is 3.15. The molecule has 1 atom stereocenters. The molecule has 1 unspecified atom stereocenters. The molecular weight excluding hydrogens is 419 g/mol. The molecule has 0 saturated carbocycles. The lowest BCUT2D eigenvalue weighted by Crippen LogP contribution is -2.45. The van der Waals surface area contributed by atoms with E-state index in [1.807, 2.05) is 20.8 Å². The molecule has 3 rings (SSSR count). The second kappa shape index (κ2) is 8.70. The van der Waals surface area contributed by atoms with Gasteiger partial charge in [0.25, 0.3) is 10.0 Å². The Hall–Kier alpha value is -2.26. The summed E-state index contributed by atoms with van der Waals surface area (Å²) in [5.41, 5.74) is 0.571. The summed E-state index contributed by atoms with van der Waals surface area (Å²) in [5.74, 6) is -0.0709. The third kappa shape index (κ3) is 5.15. The number of hydrogen-bond acceptors (Lipinski definition) is 4. The van der Waals surface area contributed by atoms with Crippen LogP contribution in [0.4, 0.5) is 4.39 Å². The van der Waals surface area contributed by atoms with Crippen LogP contribution in [0, 0.1) is 24.1 Å². The van der Waals surface area contributed by atoms with Gasteiger partial charge in [-0.2, -0.15) is 4.31 Å². The predicted molar refractivity (Wildman–Crippen MR) is 116 cm³/mol. The van der Waals surface area contributed by atoms with Crippen molar-refractivity contribution >= 4 is 15.9 Å². The Kier molecular flexibility index (Phi) is 6.57. The van der Waals surface area contributed by atoms with Crippen molar-refractivity contribution in [2.24, 2.45) is 18.4 Å². The molecule has 31 heavy (non-hydrogen) atoms. The SMILES string of the molecule is Cc1nc(S(=O)(=O)N2CCC(C(=O)NC(c3ccc(F)cc3)C(C)(C)C)CC2)cn1C. The number of amides is 1. The number of carbonyl (C=O) groups is 1. The first-order chi connectivity index (χ1) is 14.4. The first-order valence-corrected chi connectivity index (χ1v) is 11.9. The van der Waals surface area contributed by atoms with Gasteiger partial charge in [-0.1, -0.05) is 32.9 Å². The molecule has 2 aromatic rings. The van der Waals surface area contributed by atoms with Gasteiger partial charge < -0.3 is 9.88 Å². The van der Waals surface area contributed by atoms with Crippen LogP contribution in [0.25, 0.3) is 0 Å². The van der Waals surface area contributed by atoms with Gasteiger partial charge in [0.2, 0.25) is 5.91 Å². The lowest BCUT2D eigenvalue weighted by atomic mass is 9.81. The van der Waals surface area contributed by atoms with Crippen molar-refractivity contribution in [2.45, 2.75) is 51.6 Å². The average molecular weight is 451 g/mol. The van der Waals surface area contributed by atoms with E-state index in [1.54, 1.807) is 30.7 Å². The molecule has 0 bridgehead atoms. The monoisotopic (exact) mass is 450 g/mol. The van der Waals surface area contributed by atoms with Crippen molar-refractivity contribution in [3.63, 3.8) is 0 Å². The highest BCUT2D eigenvalue weighted by atomic mass is 32.2. The van der Waals surface area contributed by atoms with E-state index >= 15 is 0 Å². The third-order valence-corrected chi connectivity index (χ3v) is 7.64. The van der Waals surface area contributed by atoms with Gasteiger partial charge >= 0.3 is 0 Å². The number of carbonyl (C=O) groups excluding carboxylic acids is 1. The number of imidazole rings is 1. The number of benzene rings is 1. The Bertz CT molecular complexity index is 1010. The van der Waals surface area contributed by atoms with Gasteiger partial charge in [0.05, 0.1) is 6.04 Å². The number of hydrogen-bond donors (Lipinski definition) is 1. The molecule has 170 valence electrons. The minimum absolute atomic E-state index is 0.0412. The fraction of sp³-hybridized carbons (Fsp3) is 0.545. The van der Waals surface area contributed by atoms with Crippen LogP contribution in [0.2, 0.25) is 0 Å². The molecule has 2 heterocycles. The molecule has 0 aliphatic carbocycles. The third-order valence-electron chi connectivity index (χ3n) is 5.87. The van der Waals surface area contributed by atoms with Crippen molar-refractivity contribution in [3.05, 3.63) is 47.7 Å². The van der Waals surface area contributed by atoms with Gasteiger partial charge in [-0.15, -0.1) is 0 Å². The minimum Gasteiger partial charge on any atom is -0.349 e. The standard InChI is InChI=1S/C22H31FN4O3S/c1-15-24-19(14-26(15)5)31(29,30)27-12-10-17(11-13-27)21(28)25-20(22(2,3)4)16-6-8-18(23)9-7-16/h6-9,14,17,20H,10-13H2,1-5H3,(H,25,28). The second-order valence-corrected chi connectivity index (χ2v) is 11.2. The molecule has 1 amide bonds. The lowest BCUT2D eigenvalue weighted by molar-refractivity contribution is -0.127. The zero-order chi connectivity index (χ0) is 23.0. The number of nitrogens with zero attached hydrogens (tertiary/aromatic N) is 3. The minimum atomic E-state index is -3.67. The summed E-state index contributed by atoms with van der Waals surface area (Å²) in [6.07, 6.45) is 2.40. The maximum atomic E-state index is 13.3. The molecule has 1 aliphatic rings. The largest absolute Gasteiger partial charge is 0.349 e. The Labute approximate surface area is 183 Å². The number of rotatable bonds is 5. The van der Waals surface area contributed by atoms with Crippen molar-refractivity contribution in [2.75, 3.05) is 13.1 Å². The first kappa shape index (κ1) is 23.4. The van der Waals surface area contributed by atoms with Gasteiger partial charge in [0.15, 0.2) is 5.03 Å². The van der Waals surface area contributed by atoms with Gasteiger partial charge in [-0.05, 0) is 42.9 Å². The van der Waals surface area contributed by atoms with Crippen molar-refractivity contribution < 1.29 is 17.6 Å². The second-order valence-electron chi connectivity index (χ2n) is 9.27. The van der Waals surface area contributed by atoms with E-state index in [1.165, 1.54) is 22.6 Å². The number of nitrogens with one attached hydrogen (secondary N) is 1. The van der Waals surface area contributed by atoms with E-state index in [0.29, 0.717) is 18.7 Å². The predicted octanol–water partition coefficient (Wildman–Crippen LogP) is 3.17. The number of aryl methyl sites for hydroxylation is 2. The van der Waals surface area contributed by atoms with Crippen LogP contribution in [0.5, 0.6) is 0 Å². The van der Waals surface area contributed by atoms with Crippen LogP contribution >= 0.6 is 0 Å². The fourth-order valence-electron chi connectivity index (χ4n) is 3.86. The van der Waals surface area contributed by atoms with Gasteiger partial charge in [0, 0.05) is 32.3 Å². The summed E-state index contributed by atoms with van der Waals surface area (Å²) >= 11 is 0. The maximum Gasteiger partial charge on any atom is 0.262 e. The van der Waals surface area contributed by atoms with Gasteiger partial charge in [-0.25, -0.2) is 17.8 Å². The van der Waals surface area contributed by atoms with Crippen molar-refractivity contribution in [1.82, 2.24) is 19.2 Å². The zero-order valence-corrected chi connectivity index (χ0v) is 19.5. The smallest absolute Gasteiger partial charge is 0.262 e. The molecule has 1 aliphatic heterocycles. The first-order valence-electron chi connectivity index (χ1n) is 10.5. The van der Waals surface area contributed by atoms with E-state index in [-0.39, 0.29) is 47.2 Å². The topological polar surface area (TPSA) is 84.3 Å². The van der Waals surface area contributed by atoms with E-state index in [2.05, 4.69) is 10.3 Å². The average Bonchev–Trinajstić information content (AvgIpc) is 3.05. The highest BCUT2D eigenvalue weighted by Crippen LogP contribution is 2.34. The van der Waals surface area contributed by atoms with E-state index in [0.717, 1.165) is 5.56 Å². The molecule has 1 aromatic heterocycles. The van der Waals surface area contributed by atoms with Crippen LogP contribution < -0.4 is 5.32 Å². The van der Waals surface area contributed by atoms with Crippen LogP contribution in [-0.4, -0.2) is 41.3 Å². The molecule has 0 spiro atoms. The fourth-order valence-corrected chi connectivity index (χ4v) is 5.35. The van der Waals surface area contributed by atoms with Gasteiger partial charge in [-0.3, -0.25) is 4.79 Å². The molecule has 1 fully saturated rings. The number of halogens is 1. The van der Waals surface area contributed by atoms with Crippen molar-refractivity contribution in [3.8, 4) is 0 Å². The summed E-state index contributed by atoms with van der Waals surface area (Å²) in [4.78, 5) is 17.1. The van der Waals surface area contributed by atoms with Crippen LogP contribution in [-0.2, 0) is 21.9 Å². The maximum absolute atomic E-state index is 13.3. The number of sulfonamides is 1. The molecule has 1 saturated heterocycles. The quantitative estimate of drug-likeness (QED) is 0.758. The number of piperidine rings is 1. The highest BCUT2D eigenvalue weighted by molar-refractivity contribution is 7.89. The van der Waals surface area contributed by atoms with E-state index in [9.17, 15) is 17.6 Å². The molecule has 1 N–H and O–H groups in total. The molecular formula is C22H31FN4O3S. The van der Waals surface area contributed by atoms with Crippen LogP contribution in [0.1, 0.15) is 51.0 Å². The molecule has 7 nitrogen and oxygen atoms in total. The Balaban J connectivity index is 1.67. The summed E-state index contributed by atoms with van der Waals surface area (Å²) in [6, 6.07) is 5.88. The molecule has 9 heteroatoms. The zero-order valence-electron chi connectivity index (χ0n) is 18.7. The van der Waals surface area contributed by atoms with Crippen molar-refractivity contribution in [1.29, 1.82) is 0 Å². The Morgan fingerprint density at radius 1 is 1.19 bits per heavy atom. The van der Waals surface area contributed by atoms with E-state index in [4.69, 9.17) is 0 Å². The summed E-state index contributed by atoms with van der Waals surface area (Å²) < 4.78 is 42.2. The van der Waals surface area contributed by atoms with Crippen LogP contribution in [0.3, 0.4) is 0 Å². The van der Waals surface area contributed by atoms with E-state index < -0.39 is 10.0 Å².